The highest BCUT2D eigenvalue weighted by Gasteiger charge is 2.34. The highest BCUT2D eigenvalue weighted by Crippen LogP contribution is 2.33. The summed E-state index contributed by atoms with van der Waals surface area (Å²) in [5.74, 6) is -0.599. The van der Waals surface area contributed by atoms with Crippen molar-refractivity contribution in [3.8, 4) is 5.69 Å². The number of aryl methyl sites for hydroxylation is 1. The first-order chi connectivity index (χ1) is 9.71. The number of rotatable bonds is 2. The molecule has 0 radical (unpaired) electrons. The van der Waals surface area contributed by atoms with Crippen LogP contribution in [0.2, 0.25) is 0 Å². The minimum absolute atomic E-state index is 0.210. The summed E-state index contributed by atoms with van der Waals surface area (Å²) >= 11 is 0. The van der Waals surface area contributed by atoms with Crippen molar-refractivity contribution >= 4 is 5.78 Å². The Kier molecular flexibility index (Phi) is 3.67. The van der Waals surface area contributed by atoms with Crippen molar-refractivity contribution in [2.75, 3.05) is 0 Å². The molecule has 110 valence electrons. The molecule has 21 heavy (non-hydrogen) atoms. The van der Waals surface area contributed by atoms with E-state index < -0.39 is 28.6 Å². The van der Waals surface area contributed by atoms with Gasteiger partial charge in [0.2, 0.25) is 5.43 Å². The number of halogens is 3. The van der Waals surface area contributed by atoms with Crippen LogP contribution in [-0.2, 0) is 6.18 Å². The van der Waals surface area contributed by atoms with Crippen LogP contribution in [0.15, 0.2) is 35.1 Å². The van der Waals surface area contributed by atoms with Gasteiger partial charge in [0.1, 0.15) is 0 Å². The third-order valence-corrected chi connectivity index (χ3v) is 2.88. The molecule has 0 amide bonds. The zero-order valence-electron chi connectivity index (χ0n) is 11.2. The van der Waals surface area contributed by atoms with Crippen molar-refractivity contribution < 1.29 is 18.0 Å². The highest BCUT2D eigenvalue weighted by molar-refractivity contribution is 5.91. The topological polar surface area (TPSA) is 52.0 Å². The van der Waals surface area contributed by atoms with Gasteiger partial charge in [-0.1, -0.05) is 12.1 Å². The van der Waals surface area contributed by atoms with E-state index in [1.807, 2.05) is 0 Å². The van der Waals surface area contributed by atoms with Crippen LogP contribution in [0, 0.1) is 6.92 Å². The van der Waals surface area contributed by atoms with E-state index in [-0.39, 0.29) is 11.4 Å². The summed E-state index contributed by atoms with van der Waals surface area (Å²) in [6.45, 7) is 2.59. The van der Waals surface area contributed by atoms with E-state index in [1.54, 1.807) is 0 Å². The molecule has 0 atom stereocenters. The van der Waals surface area contributed by atoms with Crippen molar-refractivity contribution in [1.29, 1.82) is 0 Å². The number of carbonyl (C=O) groups is 1. The van der Waals surface area contributed by atoms with Crippen LogP contribution in [0.25, 0.3) is 5.69 Å². The number of aromatic nitrogens is 2. The standard InChI is InChI=1S/C14H11F3N2O2/c1-8-7-12(21)13(9(2)20)18-19(8)11-6-4-3-5-10(11)14(15,16)17/h3-7H,1-2H3. The lowest BCUT2D eigenvalue weighted by Crippen LogP contribution is -2.23. The molecule has 0 fully saturated rings. The van der Waals surface area contributed by atoms with Gasteiger partial charge in [0.15, 0.2) is 11.5 Å². The molecule has 0 N–H and O–H groups in total. The summed E-state index contributed by atoms with van der Waals surface area (Å²) in [4.78, 5) is 23.0. The zero-order valence-corrected chi connectivity index (χ0v) is 11.2. The molecular weight excluding hydrogens is 285 g/mol. The van der Waals surface area contributed by atoms with Crippen LogP contribution in [0.4, 0.5) is 13.2 Å². The summed E-state index contributed by atoms with van der Waals surface area (Å²) in [6.07, 6.45) is -4.57. The van der Waals surface area contributed by atoms with Gasteiger partial charge in [-0.05, 0) is 19.1 Å². The van der Waals surface area contributed by atoms with Gasteiger partial charge in [-0.3, -0.25) is 9.59 Å². The Hall–Kier alpha value is -2.44. The Morgan fingerprint density at radius 1 is 1.24 bits per heavy atom. The molecule has 2 rings (SSSR count). The van der Waals surface area contributed by atoms with E-state index >= 15 is 0 Å². The van der Waals surface area contributed by atoms with Crippen LogP contribution in [-0.4, -0.2) is 15.6 Å². The van der Waals surface area contributed by atoms with Gasteiger partial charge >= 0.3 is 6.18 Å². The first kappa shape index (κ1) is 15.0. The summed E-state index contributed by atoms with van der Waals surface area (Å²) in [7, 11) is 0. The maximum Gasteiger partial charge on any atom is 0.418 e. The molecule has 0 aliphatic heterocycles. The molecule has 0 saturated carbocycles. The van der Waals surface area contributed by atoms with Gasteiger partial charge in [0.05, 0.1) is 11.3 Å². The molecule has 0 bridgehead atoms. The average Bonchev–Trinajstić information content (AvgIpc) is 2.37. The van der Waals surface area contributed by atoms with E-state index in [0.717, 1.165) is 23.7 Å². The Morgan fingerprint density at radius 3 is 2.43 bits per heavy atom. The molecule has 1 aromatic carbocycles. The van der Waals surface area contributed by atoms with Crippen molar-refractivity contribution in [2.24, 2.45) is 0 Å². The number of Topliss-reactive ketones (excluding diaryl/α,β-unsaturated/α-hetero) is 1. The molecule has 0 spiro atoms. The normalized spacial score (nSPS) is 11.5. The summed E-state index contributed by atoms with van der Waals surface area (Å²) in [5.41, 5.74) is -1.91. The maximum absolute atomic E-state index is 13.0. The summed E-state index contributed by atoms with van der Waals surface area (Å²) < 4.78 is 40.1. The molecule has 2 aromatic rings. The molecular formula is C14H11F3N2O2. The first-order valence-corrected chi connectivity index (χ1v) is 6.00. The fourth-order valence-corrected chi connectivity index (χ4v) is 1.93. The first-order valence-electron chi connectivity index (χ1n) is 6.00. The Balaban J connectivity index is 2.77. The number of hydrogen-bond acceptors (Lipinski definition) is 3. The fraction of sp³-hybridized carbons (Fsp3) is 0.214. The number of ketones is 1. The van der Waals surface area contributed by atoms with Crippen LogP contribution < -0.4 is 5.43 Å². The molecule has 1 aromatic heterocycles. The molecule has 0 unspecified atom stereocenters. The summed E-state index contributed by atoms with van der Waals surface area (Å²) in [5, 5.41) is 3.77. The van der Waals surface area contributed by atoms with Gasteiger partial charge in [0.25, 0.3) is 0 Å². The number of nitrogens with zero attached hydrogens (tertiary/aromatic N) is 2. The molecule has 7 heteroatoms. The van der Waals surface area contributed by atoms with Crippen LogP contribution in [0.5, 0.6) is 0 Å². The number of para-hydroxylation sites is 1. The Bertz CT molecular complexity index is 764. The second-order valence-electron chi connectivity index (χ2n) is 4.48. The lowest BCUT2D eigenvalue weighted by Gasteiger charge is -2.16. The third-order valence-electron chi connectivity index (χ3n) is 2.88. The molecule has 4 nitrogen and oxygen atoms in total. The average molecular weight is 296 g/mol. The minimum Gasteiger partial charge on any atom is -0.293 e. The van der Waals surface area contributed by atoms with E-state index in [9.17, 15) is 22.8 Å². The second-order valence-corrected chi connectivity index (χ2v) is 4.48. The third kappa shape index (κ3) is 2.86. The lowest BCUT2D eigenvalue weighted by molar-refractivity contribution is -0.137. The smallest absolute Gasteiger partial charge is 0.293 e. The predicted molar refractivity (Wildman–Crippen MR) is 69.6 cm³/mol. The highest BCUT2D eigenvalue weighted by atomic mass is 19.4. The van der Waals surface area contributed by atoms with Gasteiger partial charge in [-0.25, -0.2) is 4.68 Å². The van der Waals surface area contributed by atoms with Crippen molar-refractivity contribution in [3.05, 3.63) is 57.5 Å². The van der Waals surface area contributed by atoms with Crippen LogP contribution >= 0.6 is 0 Å². The van der Waals surface area contributed by atoms with Gasteiger partial charge in [0, 0.05) is 18.7 Å². The monoisotopic (exact) mass is 296 g/mol. The van der Waals surface area contributed by atoms with Gasteiger partial charge in [-0.2, -0.15) is 18.3 Å². The quantitative estimate of drug-likeness (QED) is 0.801. The van der Waals surface area contributed by atoms with Crippen molar-refractivity contribution in [1.82, 2.24) is 9.78 Å². The van der Waals surface area contributed by atoms with Crippen LogP contribution in [0.1, 0.15) is 28.7 Å². The SMILES string of the molecule is CC(=O)c1nn(-c2ccccc2C(F)(F)F)c(C)cc1=O. The molecule has 0 aliphatic rings. The predicted octanol–water partition coefficient (Wildman–Crippen LogP) is 2.76. The fourth-order valence-electron chi connectivity index (χ4n) is 1.93. The number of carbonyl (C=O) groups excluding carboxylic acids is 1. The van der Waals surface area contributed by atoms with Gasteiger partial charge < -0.3 is 0 Å². The second kappa shape index (κ2) is 5.16. The molecule has 0 saturated heterocycles. The Morgan fingerprint density at radius 2 is 1.86 bits per heavy atom. The molecule has 0 aliphatic carbocycles. The van der Waals surface area contributed by atoms with E-state index in [0.29, 0.717) is 0 Å². The minimum atomic E-state index is -4.57. The number of alkyl halides is 3. The summed E-state index contributed by atoms with van der Waals surface area (Å²) in [6, 6.07) is 5.93. The largest absolute Gasteiger partial charge is 0.418 e. The van der Waals surface area contributed by atoms with Crippen LogP contribution in [0.3, 0.4) is 0 Å². The zero-order chi connectivity index (χ0) is 15.8. The van der Waals surface area contributed by atoms with E-state index in [4.69, 9.17) is 0 Å². The van der Waals surface area contributed by atoms with E-state index in [2.05, 4.69) is 5.10 Å². The maximum atomic E-state index is 13.0. The van der Waals surface area contributed by atoms with Crippen molar-refractivity contribution in [2.45, 2.75) is 20.0 Å². The van der Waals surface area contributed by atoms with E-state index in [1.165, 1.54) is 25.1 Å². The molecule has 1 heterocycles. The lowest BCUT2D eigenvalue weighted by atomic mass is 10.1. The number of benzene rings is 1. The number of hydrogen-bond donors (Lipinski definition) is 0. The Labute approximate surface area is 117 Å². The van der Waals surface area contributed by atoms with Gasteiger partial charge in [-0.15, -0.1) is 0 Å². The van der Waals surface area contributed by atoms with Crippen molar-refractivity contribution in [3.63, 3.8) is 0 Å².